The summed E-state index contributed by atoms with van der Waals surface area (Å²) in [5.41, 5.74) is 0.851. The predicted molar refractivity (Wildman–Crippen MR) is 109 cm³/mol. The maximum atomic E-state index is 12.7. The average molecular weight is 427 g/mol. The highest BCUT2D eigenvalue weighted by molar-refractivity contribution is 7.92. The zero-order chi connectivity index (χ0) is 21.7. The van der Waals surface area contributed by atoms with E-state index in [0.29, 0.717) is 19.3 Å². The highest BCUT2D eigenvalue weighted by atomic mass is 32.2. The Bertz CT molecular complexity index is 804. The van der Waals surface area contributed by atoms with E-state index in [1.54, 1.807) is 20.8 Å². The third kappa shape index (κ3) is 6.92. The molecule has 1 aliphatic rings. The van der Waals surface area contributed by atoms with Crippen molar-refractivity contribution in [2.24, 2.45) is 5.92 Å². The van der Waals surface area contributed by atoms with Gasteiger partial charge in [0.15, 0.2) is 9.84 Å². The first kappa shape index (κ1) is 23.0. The van der Waals surface area contributed by atoms with E-state index in [2.05, 4.69) is 10.6 Å². The van der Waals surface area contributed by atoms with Gasteiger partial charge >= 0.3 is 12.2 Å². The first-order valence-corrected chi connectivity index (χ1v) is 11.3. The van der Waals surface area contributed by atoms with Gasteiger partial charge in [-0.15, -0.1) is 0 Å². The van der Waals surface area contributed by atoms with E-state index in [1.165, 1.54) is 0 Å². The lowest BCUT2D eigenvalue weighted by Gasteiger charge is -2.37. The van der Waals surface area contributed by atoms with Crippen molar-refractivity contribution in [3.63, 3.8) is 0 Å². The number of carbonyl (C=O) groups is 2. The second-order valence-electron chi connectivity index (χ2n) is 8.43. The molecule has 3 atom stereocenters. The lowest BCUT2D eigenvalue weighted by molar-refractivity contribution is 0.124. The molecule has 0 saturated heterocycles. The minimum Gasteiger partial charge on any atom is -0.465 e. The van der Waals surface area contributed by atoms with Crippen LogP contribution in [-0.2, 0) is 21.2 Å². The van der Waals surface area contributed by atoms with Gasteiger partial charge in [-0.1, -0.05) is 30.3 Å². The van der Waals surface area contributed by atoms with Gasteiger partial charge in [-0.2, -0.15) is 0 Å². The van der Waals surface area contributed by atoms with Crippen molar-refractivity contribution in [3.8, 4) is 0 Å². The maximum absolute atomic E-state index is 12.7. The van der Waals surface area contributed by atoms with Crippen LogP contribution in [0.4, 0.5) is 9.59 Å². The van der Waals surface area contributed by atoms with Gasteiger partial charge in [0.25, 0.3) is 0 Å². The minimum atomic E-state index is -3.44. The third-order valence-electron chi connectivity index (χ3n) is 5.19. The largest absolute Gasteiger partial charge is 0.465 e. The third-order valence-corrected chi connectivity index (χ3v) is 7.93. The zero-order valence-corrected chi connectivity index (χ0v) is 17.9. The summed E-state index contributed by atoms with van der Waals surface area (Å²) in [7, 11) is -3.44. The first-order chi connectivity index (χ1) is 13.5. The van der Waals surface area contributed by atoms with Gasteiger partial charge in [0.2, 0.25) is 0 Å². The number of benzene rings is 1. The SMILES string of the molecule is CC(C)(C)S(=O)(=O)C[C@@H]1CC(NC(=O)O)CC[C@@H]1NC(=O)OCc1ccccc1. The Hall–Kier alpha value is -2.29. The van der Waals surface area contributed by atoms with Crippen molar-refractivity contribution >= 4 is 22.0 Å². The van der Waals surface area contributed by atoms with Crippen LogP contribution in [-0.4, -0.2) is 48.3 Å². The standard InChI is InChI=1S/C20H30N2O6S/c1-20(2,3)29(26,27)13-15-11-16(21-18(23)24)9-10-17(15)22-19(25)28-12-14-7-5-4-6-8-14/h4-8,15-17,21H,9-13H2,1-3H3,(H,22,25)(H,23,24)/t15-,16?,17-/m0/s1. The van der Waals surface area contributed by atoms with Crippen LogP contribution >= 0.6 is 0 Å². The van der Waals surface area contributed by atoms with Crippen LogP contribution in [0.3, 0.4) is 0 Å². The Morgan fingerprint density at radius 3 is 2.38 bits per heavy atom. The molecular weight excluding hydrogens is 396 g/mol. The van der Waals surface area contributed by atoms with Crippen LogP contribution in [0.1, 0.15) is 45.6 Å². The van der Waals surface area contributed by atoms with Crippen LogP contribution < -0.4 is 10.6 Å². The molecule has 9 heteroatoms. The van der Waals surface area contributed by atoms with Crippen molar-refractivity contribution in [1.29, 1.82) is 0 Å². The molecule has 0 heterocycles. The van der Waals surface area contributed by atoms with E-state index < -0.39 is 38.7 Å². The molecule has 0 bridgehead atoms. The highest BCUT2D eigenvalue weighted by Crippen LogP contribution is 2.29. The molecule has 0 aromatic heterocycles. The fourth-order valence-corrected chi connectivity index (χ4v) is 4.82. The van der Waals surface area contributed by atoms with Gasteiger partial charge in [-0.05, 0) is 51.5 Å². The normalized spacial score (nSPS) is 22.5. The summed E-state index contributed by atoms with van der Waals surface area (Å²) in [6.45, 7) is 5.02. The summed E-state index contributed by atoms with van der Waals surface area (Å²) in [6, 6.07) is 8.51. The Labute approximate surface area is 171 Å². The predicted octanol–water partition coefficient (Wildman–Crippen LogP) is 2.93. The monoisotopic (exact) mass is 426 g/mol. The summed E-state index contributed by atoms with van der Waals surface area (Å²) in [5.74, 6) is -0.535. The smallest absolute Gasteiger partial charge is 0.407 e. The summed E-state index contributed by atoms with van der Waals surface area (Å²) in [5, 5.41) is 14.2. The van der Waals surface area contributed by atoms with E-state index in [-0.39, 0.29) is 18.4 Å². The second kappa shape index (κ2) is 9.47. The molecular formula is C20H30N2O6S. The van der Waals surface area contributed by atoms with Crippen molar-refractivity contribution < 1.29 is 27.9 Å². The van der Waals surface area contributed by atoms with Crippen LogP contribution in [0.2, 0.25) is 0 Å². The van der Waals surface area contributed by atoms with E-state index in [1.807, 2.05) is 30.3 Å². The highest BCUT2D eigenvalue weighted by Gasteiger charge is 2.39. The molecule has 2 rings (SSSR count). The van der Waals surface area contributed by atoms with E-state index in [9.17, 15) is 18.0 Å². The number of sulfone groups is 1. The van der Waals surface area contributed by atoms with Gasteiger partial charge in [-0.3, -0.25) is 0 Å². The summed E-state index contributed by atoms with van der Waals surface area (Å²) in [4.78, 5) is 23.2. The molecule has 8 nitrogen and oxygen atoms in total. The fraction of sp³-hybridized carbons (Fsp3) is 0.600. The average Bonchev–Trinajstić information content (AvgIpc) is 2.61. The van der Waals surface area contributed by atoms with E-state index in [4.69, 9.17) is 9.84 Å². The minimum absolute atomic E-state index is 0.119. The molecule has 0 radical (unpaired) electrons. The van der Waals surface area contributed by atoms with Gasteiger partial charge in [0.05, 0.1) is 10.5 Å². The Morgan fingerprint density at radius 2 is 1.79 bits per heavy atom. The molecule has 1 aliphatic carbocycles. The van der Waals surface area contributed by atoms with E-state index >= 15 is 0 Å². The lowest BCUT2D eigenvalue weighted by atomic mass is 9.82. The van der Waals surface area contributed by atoms with Gasteiger partial charge in [0, 0.05) is 12.1 Å². The molecule has 3 N–H and O–H groups in total. The molecule has 1 fully saturated rings. The van der Waals surface area contributed by atoms with Crippen molar-refractivity contribution in [1.82, 2.24) is 10.6 Å². The Kier molecular flexibility index (Phi) is 7.51. The number of rotatable bonds is 6. The number of hydrogen-bond acceptors (Lipinski definition) is 5. The number of ether oxygens (including phenoxy) is 1. The first-order valence-electron chi connectivity index (χ1n) is 9.67. The summed E-state index contributed by atoms with van der Waals surface area (Å²) in [6.07, 6.45) is -0.425. The zero-order valence-electron chi connectivity index (χ0n) is 17.1. The van der Waals surface area contributed by atoms with Crippen molar-refractivity contribution in [3.05, 3.63) is 35.9 Å². The van der Waals surface area contributed by atoms with Gasteiger partial charge < -0.3 is 20.5 Å². The molecule has 1 unspecified atom stereocenters. The van der Waals surface area contributed by atoms with Crippen molar-refractivity contribution in [2.45, 2.75) is 63.5 Å². The van der Waals surface area contributed by atoms with Gasteiger partial charge in [0.1, 0.15) is 6.61 Å². The molecule has 0 spiro atoms. The Balaban J connectivity index is 2.04. The number of carbonyl (C=O) groups excluding carboxylic acids is 1. The topological polar surface area (TPSA) is 122 Å². The van der Waals surface area contributed by atoms with Crippen LogP contribution in [0.25, 0.3) is 0 Å². The lowest BCUT2D eigenvalue weighted by Crippen LogP contribution is -2.51. The molecule has 1 aromatic rings. The van der Waals surface area contributed by atoms with Crippen LogP contribution in [0.15, 0.2) is 30.3 Å². The number of amides is 2. The molecule has 2 amide bonds. The number of hydrogen-bond donors (Lipinski definition) is 3. The van der Waals surface area contributed by atoms with E-state index in [0.717, 1.165) is 5.56 Å². The molecule has 1 aromatic carbocycles. The number of nitrogens with one attached hydrogen (secondary N) is 2. The number of alkyl carbamates (subject to hydrolysis) is 1. The van der Waals surface area contributed by atoms with Crippen LogP contribution in [0.5, 0.6) is 0 Å². The Morgan fingerprint density at radius 1 is 1.14 bits per heavy atom. The second-order valence-corrected chi connectivity index (χ2v) is 11.2. The summed E-state index contributed by atoms with van der Waals surface area (Å²) < 4.78 is 29.7. The fourth-order valence-electron chi connectivity index (χ4n) is 3.39. The molecule has 1 saturated carbocycles. The number of carboxylic acid groups (broad SMARTS) is 1. The maximum Gasteiger partial charge on any atom is 0.407 e. The molecule has 162 valence electrons. The summed E-state index contributed by atoms with van der Waals surface area (Å²) >= 11 is 0. The van der Waals surface area contributed by atoms with Gasteiger partial charge in [-0.25, -0.2) is 18.0 Å². The van der Waals surface area contributed by atoms with Crippen molar-refractivity contribution in [2.75, 3.05) is 5.75 Å². The molecule has 0 aliphatic heterocycles. The quantitative estimate of drug-likeness (QED) is 0.643. The van der Waals surface area contributed by atoms with Crippen LogP contribution in [0, 0.1) is 5.92 Å². The molecule has 29 heavy (non-hydrogen) atoms.